The molecular weight excluding hydrogens is 300 g/mol. The molecule has 1 saturated heterocycles. The van der Waals surface area contributed by atoms with Crippen molar-refractivity contribution in [1.29, 1.82) is 0 Å². The quantitative estimate of drug-likeness (QED) is 0.521. The van der Waals surface area contributed by atoms with Gasteiger partial charge in [0.1, 0.15) is 0 Å². The van der Waals surface area contributed by atoms with Gasteiger partial charge in [0.05, 0.1) is 0 Å². The van der Waals surface area contributed by atoms with Gasteiger partial charge in [-0.1, -0.05) is 0 Å². The number of nitrogens with two attached hydrogens (primary N) is 1. The SMILES string of the molecule is CC(=O)N1CCN(C(=O)C(=O)NC(=O)c2ccc(N)cc2)CC1. The standard InChI is InChI=1S/C15H18N4O4/c1-10(20)18-6-8-19(9-7-18)15(23)14(22)17-13(21)11-2-4-12(16)5-3-11/h2-5H,6-9,16H2,1H3,(H,17,21,22). The first-order chi connectivity index (χ1) is 10.9. The number of nitrogen functional groups attached to an aromatic ring is 1. The third-order valence-electron chi connectivity index (χ3n) is 3.61. The summed E-state index contributed by atoms with van der Waals surface area (Å²) in [4.78, 5) is 50.0. The zero-order valence-corrected chi connectivity index (χ0v) is 12.7. The third kappa shape index (κ3) is 4.06. The first kappa shape index (κ1) is 16.5. The molecule has 1 aliphatic heterocycles. The van der Waals surface area contributed by atoms with Crippen LogP contribution in [-0.2, 0) is 14.4 Å². The van der Waals surface area contributed by atoms with Crippen LogP contribution in [0.4, 0.5) is 5.69 Å². The summed E-state index contributed by atoms with van der Waals surface area (Å²) in [6, 6.07) is 5.99. The van der Waals surface area contributed by atoms with Gasteiger partial charge in [-0.25, -0.2) is 0 Å². The van der Waals surface area contributed by atoms with Gasteiger partial charge in [0.2, 0.25) is 5.91 Å². The number of amides is 4. The number of imide groups is 1. The third-order valence-corrected chi connectivity index (χ3v) is 3.61. The summed E-state index contributed by atoms with van der Waals surface area (Å²) < 4.78 is 0. The Morgan fingerprint density at radius 3 is 2.00 bits per heavy atom. The molecule has 23 heavy (non-hydrogen) atoms. The molecule has 0 aliphatic carbocycles. The lowest BCUT2D eigenvalue weighted by atomic mass is 10.2. The van der Waals surface area contributed by atoms with E-state index in [1.165, 1.54) is 36.1 Å². The molecule has 0 radical (unpaired) electrons. The van der Waals surface area contributed by atoms with E-state index in [2.05, 4.69) is 5.32 Å². The van der Waals surface area contributed by atoms with E-state index >= 15 is 0 Å². The predicted molar refractivity (Wildman–Crippen MR) is 82.2 cm³/mol. The maximum Gasteiger partial charge on any atom is 0.316 e. The second-order valence-electron chi connectivity index (χ2n) is 5.20. The van der Waals surface area contributed by atoms with Gasteiger partial charge in [-0.15, -0.1) is 0 Å². The normalized spacial score (nSPS) is 14.3. The summed E-state index contributed by atoms with van der Waals surface area (Å²) >= 11 is 0. The second-order valence-corrected chi connectivity index (χ2v) is 5.20. The van der Waals surface area contributed by atoms with Gasteiger partial charge in [-0.05, 0) is 24.3 Å². The van der Waals surface area contributed by atoms with Crippen LogP contribution < -0.4 is 11.1 Å². The Hall–Kier alpha value is -2.90. The molecule has 3 N–H and O–H groups in total. The van der Waals surface area contributed by atoms with E-state index in [-0.39, 0.29) is 24.6 Å². The second kappa shape index (κ2) is 6.91. The van der Waals surface area contributed by atoms with Crippen LogP contribution >= 0.6 is 0 Å². The number of benzene rings is 1. The van der Waals surface area contributed by atoms with Crippen molar-refractivity contribution in [2.45, 2.75) is 6.92 Å². The predicted octanol–water partition coefficient (Wildman–Crippen LogP) is -0.784. The highest BCUT2D eigenvalue weighted by Crippen LogP contribution is 2.06. The van der Waals surface area contributed by atoms with E-state index in [1.807, 2.05) is 0 Å². The summed E-state index contributed by atoms with van der Waals surface area (Å²) in [5.74, 6) is -2.49. The van der Waals surface area contributed by atoms with Crippen molar-refractivity contribution >= 4 is 29.3 Å². The number of piperazine rings is 1. The molecule has 8 heteroatoms. The van der Waals surface area contributed by atoms with Crippen molar-refractivity contribution in [3.63, 3.8) is 0 Å². The molecule has 0 unspecified atom stereocenters. The van der Waals surface area contributed by atoms with Crippen molar-refractivity contribution < 1.29 is 19.2 Å². The Bertz CT molecular complexity index is 633. The molecule has 8 nitrogen and oxygen atoms in total. The van der Waals surface area contributed by atoms with Crippen molar-refractivity contribution in [1.82, 2.24) is 15.1 Å². The highest BCUT2D eigenvalue weighted by molar-refractivity contribution is 6.38. The molecule has 1 heterocycles. The molecule has 0 bridgehead atoms. The van der Waals surface area contributed by atoms with Gasteiger partial charge in [0.25, 0.3) is 5.91 Å². The highest BCUT2D eigenvalue weighted by Gasteiger charge is 2.27. The minimum atomic E-state index is -0.983. The average Bonchev–Trinajstić information content (AvgIpc) is 2.54. The summed E-state index contributed by atoms with van der Waals surface area (Å²) in [6.07, 6.45) is 0. The summed E-state index contributed by atoms with van der Waals surface area (Å²) in [5.41, 5.74) is 6.25. The van der Waals surface area contributed by atoms with Crippen LogP contribution in [0.5, 0.6) is 0 Å². The van der Waals surface area contributed by atoms with Crippen molar-refractivity contribution in [3.8, 4) is 0 Å². The van der Waals surface area contributed by atoms with Gasteiger partial charge in [-0.3, -0.25) is 24.5 Å². The Kier molecular flexibility index (Phi) is 4.95. The van der Waals surface area contributed by atoms with Gasteiger partial charge >= 0.3 is 11.8 Å². The number of carbonyl (C=O) groups excluding carboxylic acids is 4. The largest absolute Gasteiger partial charge is 0.399 e. The van der Waals surface area contributed by atoms with Crippen LogP contribution in [0.2, 0.25) is 0 Å². The summed E-state index contributed by atoms with van der Waals surface area (Å²) in [7, 11) is 0. The number of anilines is 1. The Balaban J connectivity index is 1.90. The number of rotatable bonds is 1. The number of hydrogen-bond acceptors (Lipinski definition) is 5. The van der Waals surface area contributed by atoms with E-state index in [4.69, 9.17) is 5.73 Å². The lowest BCUT2D eigenvalue weighted by Gasteiger charge is -2.33. The van der Waals surface area contributed by atoms with Crippen molar-refractivity contribution in [2.75, 3.05) is 31.9 Å². The number of nitrogens with zero attached hydrogens (tertiary/aromatic N) is 2. The topological polar surface area (TPSA) is 113 Å². The molecule has 4 amide bonds. The van der Waals surface area contributed by atoms with Crippen LogP contribution in [-0.4, -0.2) is 59.6 Å². The first-order valence-electron chi connectivity index (χ1n) is 7.14. The Morgan fingerprint density at radius 1 is 0.957 bits per heavy atom. The molecule has 1 fully saturated rings. The number of hydrogen-bond donors (Lipinski definition) is 2. The molecule has 1 aromatic rings. The minimum Gasteiger partial charge on any atom is -0.399 e. The van der Waals surface area contributed by atoms with Gasteiger partial charge in [0, 0.05) is 44.4 Å². The van der Waals surface area contributed by atoms with Crippen LogP contribution in [0.3, 0.4) is 0 Å². The van der Waals surface area contributed by atoms with E-state index in [0.29, 0.717) is 18.8 Å². The van der Waals surface area contributed by atoms with Gasteiger partial charge in [-0.2, -0.15) is 0 Å². The molecule has 0 atom stereocenters. The van der Waals surface area contributed by atoms with E-state index in [9.17, 15) is 19.2 Å². The van der Waals surface area contributed by atoms with E-state index in [0.717, 1.165) is 0 Å². The maximum absolute atomic E-state index is 12.0. The van der Waals surface area contributed by atoms with Gasteiger partial charge < -0.3 is 15.5 Å². The van der Waals surface area contributed by atoms with Gasteiger partial charge in [0.15, 0.2) is 0 Å². The Morgan fingerprint density at radius 2 is 1.48 bits per heavy atom. The smallest absolute Gasteiger partial charge is 0.316 e. The van der Waals surface area contributed by atoms with Crippen LogP contribution in [0.15, 0.2) is 24.3 Å². The molecule has 122 valence electrons. The fraction of sp³-hybridized carbons (Fsp3) is 0.333. The fourth-order valence-electron chi connectivity index (χ4n) is 2.23. The van der Waals surface area contributed by atoms with E-state index in [1.54, 1.807) is 4.90 Å². The monoisotopic (exact) mass is 318 g/mol. The molecule has 0 aromatic heterocycles. The van der Waals surface area contributed by atoms with E-state index < -0.39 is 17.7 Å². The van der Waals surface area contributed by atoms with Crippen molar-refractivity contribution in [3.05, 3.63) is 29.8 Å². The molecule has 0 spiro atoms. The maximum atomic E-state index is 12.0. The lowest BCUT2D eigenvalue weighted by molar-refractivity contribution is -0.147. The number of nitrogens with one attached hydrogen (secondary N) is 1. The van der Waals surface area contributed by atoms with Crippen molar-refractivity contribution in [2.24, 2.45) is 0 Å². The van der Waals surface area contributed by atoms with Crippen LogP contribution in [0.25, 0.3) is 0 Å². The molecule has 1 aromatic carbocycles. The minimum absolute atomic E-state index is 0.0694. The van der Waals surface area contributed by atoms with Crippen LogP contribution in [0, 0.1) is 0 Å². The Labute approximate surface area is 133 Å². The highest BCUT2D eigenvalue weighted by atomic mass is 16.2. The molecular formula is C15H18N4O4. The molecule has 1 aliphatic rings. The number of carbonyl (C=O) groups is 4. The molecule has 0 saturated carbocycles. The average molecular weight is 318 g/mol. The summed E-state index contributed by atoms with van der Waals surface area (Å²) in [6.45, 7) is 2.74. The zero-order chi connectivity index (χ0) is 17.0. The molecule has 2 rings (SSSR count). The lowest BCUT2D eigenvalue weighted by Crippen LogP contribution is -2.54. The summed E-state index contributed by atoms with van der Waals surface area (Å²) in [5, 5.41) is 2.06. The van der Waals surface area contributed by atoms with Crippen LogP contribution in [0.1, 0.15) is 17.3 Å². The zero-order valence-electron chi connectivity index (χ0n) is 12.7. The first-order valence-corrected chi connectivity index (χ1v) is 7.14. The fourth-order valence-corrected chi connectivity index (χ4v) is 2.23.